The first-order valence-corrected chi connectivity index (χ1v) is 7.97. The van der Waals surface area contributed by atoms with E-state index in [9.17, 15) is 5.11 Å². The van der Waals surface area contributed by atoms with Crippen LogP contribution in [-0.2, 0) is 0 Å². The normalized spacial score (nSPS) is 34.8. The Kier molecular flexibility index (Phi) is 5.08. The van der Waals surface area contributed by atoms with Crippen LogP contribution in [-0.4, -0.2) is 35.7 Å². The molecular formula is C16H31NO. The van der Waals surface area contributed by atoms with Gasteiger partial charge in [-0.05, 0) is 56.5 Å². The summed E-state index contributed by atoms with van der Waals surface area (Å²) in [5.74, 6) is 0.536. The van der Waals surface area contributed by atoms with Gasteiger partial charge < -0.3 is 10.0 Å². The minimum Gasteiger partial charge on any atom is -0.393 e. The molecule has 2 fully saturated rings. The Morgan fingerprint density at radius 1 is 1.00 bits per heavy atom. The van der Waals surface area contributed by atoms with Crippen LogP contribution in [0.15, 0.2) is 0 Å². The maximum absolute atomic E-state index is 10.2. The second kappa shape index (κ2) is 6.38. The number of nitrogens with zero attached hydrogens (tertiary/aromatic N) is 1. The monoisotopic (exact) mass is 253 g/mol. The molecule has 2 atom stereocenters. The maximum atomic E-state index is 10.2. The van der Waals surface area contributed by atoms with Crippen LogP contribution in [0.25, 0.3) is 0 Å². The van der Waals surface area contributed by atoms with Crippen molar-refractivity contribution < 1.29 is 5.11 Å². The molecule has 0 radical (unpaired) electrons. The van der Waals surface area contributed by atoms with Crippen LogP contribution in [0, 0.1) is 11.3 Å². The maximum Gasteiger partial charge on any atom is 0.0580 e. The number of hydrogen-bond acceptors (Lipinski definition) is 2. The molecule has 2 rings (SSSR count). The van der Waals surface area contributed by atoms with E-state index in [-0.39, 0.29) is 6.10 Å². The largest absolute Gasteiger partial charge is 0.393 e. The summed E-state index contributed by atoms with van der Waals surface area (Å²) in [7, 11) is 0. The first-order valence-electron chi connectivity index (χ1n) is 7.97. The van der Waals surface area contributed by atoms with Gasteiger partial charge in [0, 0.05) is 6.54 Å². The van der Waals surface area contributed by atoms with Gasteiger partial charge in [0.15, 0.2) is 0 Å². The molecule has 0 aromatic heterocycles. The quantitative estimate of drug-likeness (QED) is 0.762. The van der Waals surface area contributed by atoms with Gasteiger partial charge in [-0.1, -0.05) is 33.1 Å². The van der Waals surface area contributed by atoms with Crippen LogP contribution in [0.3, 0.4) is 0 Å². The number of rotatable bonds is 2. The molecule has 2 aliphatic rings. The van der Waals surface area contributed by atoms with Gasteiger partial charge in [-0.2, -0.15) is 0 Å². The van der Waals surface area contributed by atoms with Crippen LogP contribution in [0.5, 0.6) is 0 Å². The first kappa shape index (κ1) is 14.3. The van der Waals surface area contributed by atoms with E-state index in [0.717, 1.165) is 13.0 Å². The molecule has 2 unspecified atom stereocenters. The van der Waals surface area contributed by atoms with Crippen molar-refractivity contribution in [2.24, 2.45) is 11.3 Å². The highest BCUT2D eigenvalue weighted by molar-refractivity contribution is 4.80. The summed E-state index contributed by atoms with van der Waals surface area (Å²) in [6.45, 7) is 8.41. The van der Waals surface area contributed by atoms with E-state index in [1.54, 1.807) is 0 Å². The summed E-state index contributed by atoms with van der Waals surface area (Å²) in [5.41, 5.74) is 0.525. The van der Waals surface area contributed by atoms with Gasteiger partial charge in [0.25, 0.3) is 0 Å². The van der Waals surface area contributed by atoms with E-state index in [1.165, 1.54) is 58.0 Å². The highest BCUT2D eigenvalue weighted by Gasteiger charge is 2.27. The number of aliphatic hydroxyl groups is 1. The van der Waals surface area contributed by atoms with Gasteiger partial charge in [-0.25, -0.2) is 0 Å². The Labute approximate surface area is 113 Å². The summed E-state index contributed by atoms with van der Waals surface area (Å²) in [5, 5.41) is 10.2. The third-order valence-electron chi connectivity index (χ3n) is 5.04. The fourth-order valence-electron chi connectivity index (χ4n) is 3.57. The SMILES string of the molecule is CC1(C)CCCN(CC2CCCCCC2O)CC1. The topological polar surface area (TPSA) is 23.5 Å². The fraction of sp³-hybridized carbons (Fsp3) is 1.00. The Morgan fingerprint density at radius 3 is 2.61 bits per heavy atom. The molecule has 18 heavy (non-hydrogen) atoms. The first-order chi connectivity index (χ1) is 8.57. The van der Waals surface area contributed by atoms with E-state index < -0.39 is 0 Å². The molecule has 2 heteroatoms. The fourth-order valence-corrected chi connectivity index (χ4v) is 3.57. The van der Waals surface area contributed by atoms with Crippen molar-refractivity contribution in [1.29, 1.82) is 0 Å². The van der Waals surface area contributed by atoms with Crippen molar-refractivity contribution in [3.05, 3.63) is 0 Å². The lowest BCUT2D eigenvalue weighted by Gasteiger charge is -2.29. The second-order valence-electron chi connectivity index (χ2n) is 7.28. The standard InChI is InChI=1S/C16H31NO/c1-16(2)9-6-11-17(12-10-16)13-14-7-4-3-5-8-15(14)18/h14-15,18H,3-13H2,1-2H3. The summed E-state index contributed by atoms with van der Waals surface area (Å²) in [6, 6.07) is 0. The molecule has 2 nitrogen and oxygen atoms in total. The molecule has 0 amide bonds. The number of aliphatic hydroxyl groups excluding tert-OH is 1. The third-order valence-corrected chi connectivity index (χ3v) is 5.04. The van der Waals surface area contributed by atoms with Gasteiger partial charge in [0.1, 0.15) is 0 Å². The van der Waals surface area contributed by atoms with Gasteiger partial charge in [0.2, 0.25) is 0 Å². The Hall–Kier alpha value is -0.0800. The van der Waals surface area contributed by atoms with E-state index in [1.807, 2.05) is 0 Å². The molecule has 106 valence electrons. The van der Waals surface area contributed by atoms with Gasteiger partial charge in [0.05, 0.1) is 6.10 Å². The number of likely N-dealkylation sites (tertiary alicyclic amines) is 1. The van der Waals surface area contributed by atoms with E-state index in [4.69, 9.17) is 0 Å². The highest BCUT2D eigenvalue weighted by atomic mass is 16.3. The molecule has 1 saturated heterocycles. The van der Waals surface area contributed by atoms with Gasteiger partial charge >= 0.3 is 0 Å². The molecule has 0 aromatic carbocycles. The molecule has 1 saturated carbocycles. The van der Waals surface area contributed by atoms with Crippen molar-refractivity contribution in [3.8, 4) is 0 Å². The lowest BCUT2D eigenvalue weighted by molar-refractivity contribution is 0.0735. The smallest absolute Gasteiger partial charge is 0.0580 e. The van der Waals surface area contributed by atoms with E-state index >= 15 is 0 Å². The van der Waals surface area contributed by atoms with Crippen molar-refractivity contribution in [3.63, 3.8) is 0 Å². The Morgan fingerprint density at radius 2 is 1.78 bits per heavy atom. The molecule has 1 aliphatic heterocycles. The molecule has 1 N–H and O–H groups in total. The van der Waals surface area contributed by atoms with Crippen LogP contribution in [0.2, 0.25) is 0 Å². The summed E-state index contributed by atoms with van der Waals surface area (Å²) in [4.78, 5) is 2.62. The summed E-state index contributed by atoms with van der Waals surface area (Å²) < 4.78 is 0. The molecule has 0 bridgehead atoms. The Bertz CT molecular complexity index is 251. The molecule has 0 spiro atoms. The summed E-state index contributed by atoms with van der Waals surface area (Å²) in [6.07, 6.45) is 10.1. The van der Waals surface area contributed by atoms with Gasteiger partial charge in [-0.15, -0.1) is 0 Å². The van der Waals surface area contributed by atoms with Crippen molar-refractivity contribution in [1.82, 2.24) is 4.90 Å². The zero-order chi connectivity index (χ0) is 13.0. The molecular weight excluding hydrogens is 222 g/mol. The lowest BCUT2D eigenvalue weighted by Crippen LogP contribution is -2.35. The highest BCUT2D eigenvalue weighted by Crippen LogP contribution is 2.31. The van der Waals surface area contributed by atoms with Crippen LogP contribution >= 0.6 is 0 Å². The predicted molar refractivity (Wildman–Crippen MR) is 76.7 cm³/mol. The number of hydrogen-bond donors (Lipinski definition) is 1. The van der Waals surface area contributed by atoms with E-state index in [2.05, 4.69) is 18.7 Å². The molecule has 1 heterocycles. The second-order valence-corrected chi connectivity index (χ2v) is 7.28. The van der Waals surface area contributed by atoms with Crippen LogP contribution in [0.4, 0.5) is 0 Å². The van der Waals surface area contributed by atoms with Crippen molar-refractivity contribution in [2.75, 3.05) is 19.6 Å². The summed E-state index contributed by atoms with van der Waals surface area (Å²) >= 11 is 0. The average Bonchev–Trinajstić information content (AvgIpc) is 2.60. The third kappa shape index (κ3) is 4.24. The lowest BCUT2D eigenvalue weighted by atomic mass is 9.85. The van der Waals surface area contributed by atoms with Crippen molar-refractivity contribution >= 4 is 0 Å². The van der Waals surface area contributed by atoms with Crippen LogP contribution in [0.1, 0.15) is 65.2 Å². The Balaban J connectivity index is 1.84. The predicted octanol–water partition coefficient (Wildman–Crippen LogP) is 3.44. The van der Waals surface area contributed by atoms with E-state index in [0.29, 0.717) is 11.3 Å². The minimum atomic E-state index is -0.0382. The molecule has 1 aliphatic carbocycles. The van der Waals surface area contributed by atoms with Gasteiger partial charge in [-0.3, -0.25) is 0 Å². The van der Waals surface area contributed by atoms with Crippen LogP contribution < -0.4 is 0 Å². The zero-order valence-corrected chi connectivity index (χ0v) is 12.3. The minimum absolute atomic E-state index is 0.0382. The molecule has 0 aromatic rings. The average molecular weight is 253 g/mol. The zero-order valence-electron chi connectivity index (χ0n) is 12.3. The van der Waals surface area contributed by atoms with Crippen molar-refractivity contribution in [2.45, 2.75) is 71.3 Å².